The fourth-order valence-corrected chi connectivity index (χ4v) is 22.6. The molecule has 32 heteroatoms. The summed E-state index contributed by atoms with van der Waals surface area (Å²) in [6.45, 7) is 39.6. The van der Waals surface area contributed by atoms with E-state index in [1.54, 1.807) is 94.7 Å². The number of likely N-dealkylation sites (tertiary alicyclic amines) is 4. The normalized spacial score (nSPS) is 19.9. The molecule has 12 heterocycles. The van der Waals surface area contributed by atoms with Crippen molar-refractivity contribution >= 4 is 92.1 Å². The molecule has 0 spiro atoms. The Bertz CT molecular complexity index is 6220. The molecule has 4 aromatic carbocycles. The Hall–Kier alpha value is -11.4. The highest BCUT2D eigenvalue weighted by atomic mass is 32.1. The van der Waals surface area contributed by atoms with E-state index in [4.69, 9.17) is 18.1 Å². The van der Waals surface area contributed by atoms with Gasteiger partial charge in [0.2, 0.25) is 23.6 Å². The molecule has 0 radical (unpaired) electrons. The molecule has 4 aliphatic rings. The van der Waals surface area contributed by atoms with Crippen LogP contribution >= 0.6 is 45.3 Å². The van der Waals surface area contributed by atoms with Gasteiger partial charge in [0.05, 0.1) is 136 Å². The minimum Gasteiger partial charge on any atom is -0.391 e. The minimum absolute atomic E-state index is 0.00213. The van der Waals surface area contributed by atoms with E-state index in [-0.39, 0.29) is 128 Å². The number of hydrogen-bond acceptors (Lipinski definition) is 28. The molecule has 0 aliphatic carbocycles. The van der Waals surface area contributed by atoms with Gasteiger partial charge in [-0.15, -0.1) is 45.3 Å². The van der Waals surface area contributed by atoms with Crippen LogP contribution in [0.1, 0.15) is 280 Å². The van der Waals surface area contributed by atoms with Crippen molar-refractivity contribution in [2.24, 2.45) is 16.7 Å². The molecular formula is C108H132N12O16S4. The molecule has 4 N–H and O–H groups in total. The van der Waals surface area contributed by atoms with Gasteiger partial charge in [-0.1, -0.05) is 208 Å². The van der Waals surface area contributed by atoms with Crippen molar-refractivity contribution in [2.45, 2.75) is 292 Å². The van der Waals surface area contributed by atoms with Crippen LogP contribution in [-0.2, 0) is 38.4 Å². The number of aliphatic hydroxyl groups excluding tert-OH is 4. The second-order valence-corrected chi connectivity index (χ2v) is 44.2. The van der Waals surface area contributed by atoms with Crippen LogP contribution in [-0.4, -0.2) is 202 Å². The van der Waals surface area contributed by atoms with E-state index in [0.29, 0.717) is 77.9 Å². The monoisotopic (exact) mass is 1980 g/mol. The number of hydrogen-bond donors (Lipinski definition) is 4. The molecule has 140 heavy (non-hydrogen) atoms. The second kappa shape index (κ2) is 46.1. The zero-order valence-corrected chi connectivity index (χ0v) is 86.9. The Morgan fingerprint density at radius 1 is 0.371 bits per heavy atom. The molecule has 4 fully saturated rings. The van der Waals surface area contributed by atoms with Gasteiger partial charge in [-0.3, -0.25) is 43.3 Å². The third kappa shape index (κ3) is 25.6. The van der Waals surface area contributed by atoms with Crippen molar-refractivity contribution in [1.29, 1.82) is 0 Å². The number of nitrogens with zero attached hydrogens (tertiary/aromatic N) is 12. The highest BCUT2D eigenvalue weighted by Crippen LogP contribution is 2.44. The number of benzene rings is 4. The van der Waals surface area contributed by atoms with E-state index < -0.39 is 83.1 Å². The standard InChI is InChI=1S/C28H35N3O4S.2C27H33N3O4S.C26H31N3O4S/c1-16(19-7-9-20(10-8-19)26-18(3)29-15-36-26)11-23(33)22-13-21(32)14-31(22)27(34)25(28(4,5)6)24-12-17(2)30-35-24;1-16(18-6-8-19(9-7-18)24-13-28-15-35-24)10-22(32)21-12-20(31)14-30(21)26(33)25(27(3,4)5)23-11-17(2)29-34-23;1-15(2)25(24-11-17(4)29-34-24)27(33)30-13-21(31)12-22(30)23(32)10-16(3)19-6-8-20(9-7-19)26-18(5)28-14-35-26;1-5-21(24-11-16(3)28-33-24)26(32)29-13-20(30)12-22(29)23(31)10-15(2)18-6-8-19(9-7-18)25-17(4)27-14-34-25/h7-10,12,15-16,21-22,25,32H,11,13-14H2,1-6H3;6-9,11,13,15-16,20-21,25,31H,10,12,14H2,1-5H3;6-9,11,14-16,21-22,25,31H,10,12-13H2,1-5H3;6-9,11,14-15,20-22,30H,5,10,12-13H2,1-4H3/t16-,21-,22+,25-;16-,20-,21+,25-;16-,21-,22+,25-;15-,20-,21-,22+/m1111/s1. The average molecular weight is 1980 g/mol. The van der Waals surface area contributed by atoms with Crippen LogP contribution in [0.2, 0.25) is 0 Å². The molecule has 0 saturated carbocycles. The number of ketones is 4. The zero-order valence-electron chi connectivity index (χ0n) is 83.6. The number of Topliss-reactive ketones (excluding diaryl/α,β-unsaturated/α-hetero) is 4. The lowest BCUT2D eigenvalue weighted by atomic mass is 9.78. The summed E-state index contributed by atoms with van der Waals surface area (Å²) >= 11 is 6.43. The molecule has 4 aliphatic heterocycles. The molecule has 16 atom stereocenters. The third-order valence-corrected chi connectivity index (χ3v) is 30.8. The van der Waals surface area contributed by atoms with E-state index in [2.05, 4.69) is 113 Å². The number of aryl methyl sites for hydroxylation is 7. The lowest BCUT2D eigenvalue weighted by molar-refractivity contribution is -0.141. The summed E-state index contributed by atoms with van der Waals surface area (Å²) in [4.78, 5) is 136. The first-order valence-corrected chi connectivity index (χ1v) is 51.7. The maximum Gasteiger partial charge on any atom is 0.234 e. The van der Waals surface area contributed by atoms with Crippen molar-refractivity contribution < 1.29 is 76.9 Å². The number of rotatable bonds is 30. The Balaban J connectivity index is 0.000000157. The number of carbonyl (C=O) groups is 8. The van der Waals surface area contributed by atoms with Gasteiger partial charge in [-0.2, -0.15) is 0 Å². The van der Waals surface area contributed by atoms with Crippen molar-refractivity contribution in [3.63, 3.8) is 0 Å². The lowest BCUT2D eigenvalue weighted by Crippen LogP contribution is -2.46. The fraction of sp³-hybridized carbons (Fsp3) is 0.481. The third-order valence-electron chi connectivity index (χ3n) is 27.1. The zero-order chi connectivity index (χ0) is 101. The highest BCUT2D eigenvalue weighted by Gasteiger charge is 2.50. The van der Waals surface area contributed by atoms with Gasteiger partial charge in [0.15, 0.2) is 23.1 Å². The average Bonchev–Trinajstić information content (AvgIpc) is 1.63. The van der Waals surface area contributed by atoms with Gasteiger partial charge in [0.1, 0.15) is 40.8 Å². The number of β-amino-alcohol motifs (C(OH)–C–C–N with tert-alkyl or cyclic N) is 4. The van der Waals surface area contributed by atoms with Gasteiger partial charge in [0, 0.05) is 108 Å². The maximum atomic E-state index is 13.8. The molecule has 8 aromatic heterocycles. The van der Waals surface area contributed by atoms with Gasteiger partial charge in [-0.05, 0) is 140 Å². The Morgan fingerprint density at radius 3 is 0.900 bits per heavy atom. The van der Waals surface area contributed by atoms with Gasteiger partial charge >= 0.3 is 0 Å². The lowest BCUT2D eigenvalue weighted by Gasteiger charge is -2.33. The highest BCUT2D eigenvalue weighted by molar-refractivity contribution is 7.14. The smallest absolute Gasteiger partial charge is 0.234 e. The van der Waals surface area contributed by atoms with Crippen molar-refractivity contribution in [3.8, 4) is 41.8 Å². The summed E-state index contributed by atoms with van der Waals surface area (Å²) in [6, 6.07) is 37.4. The molecule has 28 nitrogen and oxygen atoms in total. The van der Waals surface area contributed by atoms with E-state index in [1.807, 2.05) is 185 Å². The second-order valence-electron chi connectivity index (χ2n) is 40.8. The Labute approximate surface area is 835 Å². The SMILES string of the molecule is CC[C@@H](C(=O)N1C[C@H](O)C[C@H]1C(=O)C[C@@H](C)c1ccc(-c2scnc2C)cc1)c1cc(C)no1.Cc1cc([C@H](C(=O)N2C[C@H](O)C[C@H]2C(=O)C[C@@H](C)c2ccc(-c3cncs3)cc2)C(C)(C)C)on1.Cc1cc([C@H](C(=O)N2C[C@H](O)C[C@H]2C(=O)C[C@@H](C)c2ccc(-c3scnc3C)cc2)C(C)(C)C)on1.Cc1cc([C@H](C(=O)N2C[C@H](O)C[C@H]2C(=O)C[C@@H](C)c2ccc(-c3scnc3C)cc2)C(C)C)on1. The number of carbonyl (C=O) groups excluding carboxylic acids is 8. The van der Waals surface area contributed by atoms with Gasteiger partial charge in [-0.25, -0.2) is 15.0 Å². The number of thiazole rings is 4. The first-order valence-electron chi connectivity index (χ1n) is 48.2. The maximum absolute atomic E-state index is 13.8. The van der Waals surface area contributed by atoms with Crippen LogP contribution in [0.25, 0.3) is 41.8 Å². The van der Waals surface area contributed by atoms with E-state index in [1.165, 1.54) is 0 Å². The number of aromatic nitrogens is 8. The molecule has 744 valence electrons. The van der Waals surface area contributed by atoms with E-state index in [9.17, 15) is 58.8 Å². The fourth-order valence-electron chi connectivity index (χ4n) is 19.5. The first kappa shape index (κ1) is 106. The van der Waals surface area contributed by atoms with Crippen LogP contribution in [0.15, 0.2) is 168 Å². The minimum atomic E-state index is -0.725. The van der Waals surface area contributed by atoms with Crippen LogP contribution in [0.3, 0.4) is 0 Å². The molecule has 0 bridgehead atoms. The van der Waals surface area contributed by atoms with Crippen LogP contribution in [0.5, 0.6) is 0 Å². The largest absolute Gasteiger partial charge is 0.391 e. The number of amides is 4. The summed E-state index contributed by atoms with van der Waals surface area (Å²) in [6.07, 6.45) is 1.75. The summed E-state index contributed by atoms with van der Waals surface area (Å²) < 4.78 is 21.7. The van der Waals surface area contributed by atoms with E-state index in [0.717, 1.165) is 81.1 Å². The van der Waals surface area contributed by atoms with Crippen LogP contribution < -0.4 is 0 Å². The number of aliphatic hydroxyl groups is 4. The molecule has 12 aromatic rings. The van der Waals surface area contributed by atoms with Gasteiger partial charge in [0.25, 0.3) is 0 Å². The summed E-state index contributed by atoms with van der Waals surface area (Å²) in [5.41, 5.74) is 21.0. The van der Waals surface area contributed by atoms with Gasteiger partial charge < -0.3 is 58.1 Å². The van der Waals surface area contributed by atoms with Crippen LogP contribution in [0.4, 0.5) is 0 Å². The summed E-state index contributed by atoms with van der Waals surface area (Å²) in [7, 11) is 0. The van der Waals surface area contributed by atoms with Crippen molar-refractivity contribution in [2.75, 3.05) is 26.2 Å². The topological polar surface area (TPSA) is 386 Å². The predicted molar refractivity (Wildman–Crippen MR) is 541 cm³/mol. The first-order chi connectivity index (χ1) is 66.4. The predicted octanol–water partition coefficient (Wildman–Crippen LogP) is 19.7. The Kier molecular flexibility index (Phi) is 34.9. The molecular weight excluding hydrogens is 1850 g/mol. The summed E-state index contributed by atoms with van der Waals surface area (Å²) in [5, 5.41) is 57.3. The van der Waals surface area contributed by atoms with Crippen LogP contribution in [0, 0.1) is 65.2 Å². The molecule has 4 saturated heterocycles. The van der Waals surface area contributed by atoms with Crippen molar-refractivity contribution in [1.82, 2.24) is 60.2 Å². The van der Waals surface area contributed by atoms with E-state index >= 15 is 0 Å². The van der Waals surface area contributed by atoms with Crippen molar-refractivity contribution in [3.05, 3.63) is 235 Å². The summed E-state index contributed by atoms with van der Waals surface area (Å²) in [5.74, 6) is -1.25. The molecule has 16 rings (SSSR count). The molecule has 0 unspecified atom stereocenters. The molecule has 4 amide bonds. The Morgan fingerprint density at radius 2 is 0.650 bits per heavy atom. The quantitative estimate of drug-likeness (QED) is 0.0325.